The van der Waals surface area contributed by atoms with Gasteiger partial charge >= 0.3 is 0 Å². The number of anilines is 1. The maximum absolute atomic E-state index is 12.1. The van der Waals surface area contributed by atoms with Crippen LogP contribution in [0.15, 0.2) is 36.4 Å². The zero-order valence-corrected chi connectivity index (χ0v) is 12.8. The fourth-order valence-electron chi connectivity index (χ4n) is 1.71. The van der Waals surface area contributed by atoms with E-state index in [2.05, 4.69) is 6.58 Å². The fourth-order valence-corrected chi connectivity index (χ4v) is 3.07. The van der Waals surface area contributed by atoms with Gasteiger partial charge in [-0.2, -0.15) is 4.31 Å². The molecule has 0 radical (unpaired) electrons. The molecule has 6 heteroatoms. The normalized spacial score (nSPS) is 11.6. The molecular formula is C14H22N2O3S. The van der Waals surface area contributed by atoms with Crippen LogP contribution in [0.3, 0.4) is 0 Å². The predicted molar refractivity (Wildman–Crippen MR) is 82.2 cm³/mol. The largest absolute Gasteiger partial charge is 0.492 e. The van der Waals surface area contributed by atoms with Crippen molar-refractivity contribution in [2.45, 2.75) is 13.8 Å². The number of nitrogens with two attached hydrogens (primary N) is 1. The Kier molecular flexibility index (Phi) is 6.04. The quantitative estimate of drug-likeness (QED) is 0.587. The van der Waals surface area contributed by atoms with Crippen LogP contribution in [0, 0.1) is 0 Å². The summed E-state index contributed by atoms with van der Waals surface area (Å²) >= 11 is 0. The molecule has 0 heterocycles. The molecule has 0 spiro atoms. The third-order valence-corrected chi connectivity index (χ3v) is 4.52. The first kappa shape index (κ1) is 16.5. The van der Waals surface area contributed by atoms with E-state index >= 15 is 0 Å². The molecule has 0 atom stereocenters. The second kappa shape index (κ2) is 7.31. The number of hydrogen-bond acceptors (Lipinski definition) is 4. The molecule has 0 amide bonds. The lowest BCUT2D eigenvalue weighted by atomic mass is 10.3. The molecule has 0 bridgehead atoms. The minimum absolute atomic E-state index is 0.0665. The van der Waals surface area contributed by atoms with Crippen molar-refractivity contribution in [3.05, 3.63) is 36.4 Å². The first-order valence-electron chi connectivity index (χ1n) is 6.45. The molecule has 5 nitrogen and oxygen atoms in total. The van der Waals surface area contributed by atoms with Crippen LogP contribution in [0.5, 0.6) is 5.75 Å². The highest BCUT2D eigenvalue weighted by Crippen LogP contribution is 2.14. The monoisotopic (exact) mass is 298 g/mol. The number of nitrogen functional groups attached to an aromatic ring is 1. The molecule has 112 valence electrons. The molecule has 2 N–H and O–H groups in total. The van der Waals surface area contributed by atoms with E-state index in [9.17, 15) is 8.42 Å². The van der Waals surface area contributed by atoms with Crippen LogP contribution in [0.4, 0.5) is 5.69 Å². The molecule has 0 unspecified atom stereocenters. The van der Waals surface area contributed by atoms with Gasteiger partial charge < -0.3 is 10.5 Å². The lowest BCUT2D eigenvalue weighted by Gasteiger charge is -2.20. The molecule has 0 aliphatic rings. The highest BCUT2D eigenvalue weighted by Gasteiger charge is 2.20. The van der Waals surface area contributed by atoms with Crippen molar-refractivity contribution in [2.24, 2.45) is 0 Å². The number of nitrogens with zero attached hydrogens (tertiary/aromatic N) is 1. The maximum atomic E-state index is 12.1. The van der Waals surface area contributed by atoms with E-state index in [-0.39, 0.29) is 12.4 Å². The van der Waals surface area contributed by atoms with Gasteiger partial charge in [-0.05, 0) is 19.1 Å². The smallest absolute Gasteiger partial charge is 0.217 e. The summed E-state index contributed by atoms with van der Waals surface area (Å²) in [6.07, 6.45) is 0. The average Bonchev–Trinajstić information content (AvgIpc) is 2.35. The van der Waals surface area contributed by atoms with Crippen LogP contribution >= 0.6 is 0 Å². The van der Waals surface area contributed by atoms with Gasteiger partial charge in [-0.1, -0.05) is 25.1 Å². The van der Waals surface area contributed by atoms with Crippen molar-refractivity contribution in [2.75, 3.05) is 31.2 Å². The molecule has 1 rings (SSSR count). The topological polar surface area (TPSA) is 72.6 Å². The van der Waals surface area contributed by atoms with Crippen LogP contribution in [0.2, 0.25) is 0 Å². The second-order valence-electron chi connectivity index (χ2n) is 4.62. The van der Waals surface area contributed by atoms with Crippen LogP contribution in [-0.4, -0.2) is 38.2 Å². The molecule has 1 aromatic rings. The van der Waals surface area contributed by atoms with Gasteiger partial charge in [-0.3, -0.25) is 0 Å². The summed E-state index contributed by atoms with van der Waals surface area (Å²) in [6.45, 7) is 8.22. The summed E-state index contributed by atoms with van der Waals surface area (Å²) in [5.41, 5.74) is 7.02. The zero-order chi connectivity index (χ0) is 15.2. The van der Waals surface area contributed by atoms with Crippen molar-refractivity contribution in [1.29, 1.82) is 0 Å². The summed E-state index contributed by atoms with van der Waals surface area (Å²) in [5.74, 6) is 0.506. The van der Waals surface area contributed by atoms with Gasteiger partial charge in [0.15, 0.2) is 0 Å². The molecule has 20 heavy (non-hydrogen) atoms. The van der Waals surface area contributed by atoms with Gasteiger partial charge in [-0.25, -0.2) is 8.42 Å². The minimum Gasteiger partial charge on any atom is -0.492 e. The number of benzene rings is 1. The van der Waals surface area contributed by atoms with Gasteiger partial charge in [0.05, 0.1) is 5.75 Å². The standard InChI is InChI=1S/C14H22N2O3S/c1-4-16(11-12(2)3)20(17,18)9-8-19-14-7-5-6-13(15)10-14/h5-7,10H,2,4,8-9,11,15H2,1,3H3. The van der Waals surface area contributed by atoms with E-state index in [4.69, 9.17) is 10.5 Å². The third kappa shape index (κ3) is 5.22. The fraction of sp³-hybridized carbons (Fsp3) is 0.429. The molecule has 0 aliphatic carbocycles. The number of hydrogen-bond donors (Lipinski definition) is 1. The van der Waals surface area contributed by atoms with Gasteiger partial charge in [0.25, 0.3) is 0 Å². The third-order valence-electron chi connectivity index (χ3n) is 2.66. The average molecular weight is 298 g/mol. The Bertz CT molecular complexity index is 555. The van der Waals surface area contributed by atoms with Crippen molar-refractivity contribution in [3.63, 3.8) is 0 Å². The van der Waals surface area contributed by atoms with E-state index in [1.807, 2.05) is 0 Å². The number of likely N-dealkylation sites (N-methyl/N-ethyl adjacent to an activating group) is 1. The number of sulfonamides is 1. The van der Waals surface area contributed by atoms with Gasteiger partial charge in [0.2, 0.25) is 10.0 Å². The predicted octanol–water partition coefficient (Wildman–Crippen LogP) is 1.88. The Morgan fingerprint density at radius 3 is 2.70 bits per heavy atom. The zero-order valence-electron chi connectivity index (χ0n) is 12.0. The first-order valence-corrected chi connectivity index (χ1v) is 8.06. The second-order valence-corrected chi connectivity index (χ2v) is 6.71. The van der Waals surface area contributed by atoms with E-state index < -0.39 is 10.0 Å². The lowest BCUT2D eigenvalue weighted by Crippen LogP contribution is -2.35. The van der Waals surface area contributed by atoms with Crippen molar-refractivity contribution < 1.29 is 13.2 Å². The Hall–Kier alpha value is -1.53. The van der Waals surface area contributed by atoms with Crippen molar-refractivity contribution >= 4 is 15.7 Å². The van der Waals surface area contributed by atoms with Crippen molar-refractivity contribution in [1.82, 2.24) is 4.31 Å². The lowest BCUT2D eigenvalue weighted by molar-refractivity contribution is 0.336. The van der Waals surface area contributed by atoms with Crippen LogP contribution in [0.25, 0.3) is 0 Å². The molecule has 0 aromatic heterocycles. The van der Waals surface area contributed by atoms with E-state index in [1.54, 1.807) is 38.1 Å². The molecule has 0 saturated heterocycles. The van der Waals surface area contributed by atoms with E-state index in [0.29, 0.717) is 24.5 Å². The van der Waals surface area contributed by atoms with E-state index in [1.165, 1.54) is 4.31 Å². The van der Waals surface area contributed by atoms with Gasteiger partial charge in [-0.15, -0.1) is 0 Å². The van der Waals surface area contributed by atoms with Crippen molar-refractivity contribution in [3.8, 4) is 5.75 Å². The maximum Gasteiger partial charge on any atom is 0.217 e. The molecule has 1 aromatic carbocycles. The summed E-state index contributed by atoms with van der Waals surface area (Å²) in [4.78, 5) is 0. The molecule has 0 saturated carbocycles. The van der Waals surface area contributed by atoms with Gasteiger partial charge in [0, 0.05) is 24.8 Å². The van der Waals surface area contributed by atoms with Crippen LogP contribution < -0.4 is 10.5 Å². The molecule has 0 aliphatic heterocycles. The van der Waals surface area contributed by atoms with E-state index in [0.717, 1.165) is 5.57 Å². The summed E-state index contributed by atoms with van der Waals surface area (Å²) in [5, 5.41) is 0. The van der Waals surface area contributed by atoms with Crippen LogP contribution in [-0.2, 0) is 10.0 Å². The SMILES string of the molecule is C=C(C)CN(CC)S(=O)(=O)CCOc1cccc(N)c1. The number of ether oxygens (including phenoxy) is 1. The number of rotatable bonds is 8. The first-order chi connectivity index (χ1) is 9.35. The highest BCUT2D eigenvalue weighted by atomic mass is 32.2. The van der Waals surface area contributed by atoms with Gasteiger partial charge in [0.1, 0.15) is 12.4 Å². The molecular weight excluding hydrogens is 276 g/mol. The Balaban J connectivity index is 2.56. The van der Waals surface area contributed by atoms with Crippen LogP contribution in [0.1, 0.15) is 13.8 Å². The summed E-state index contributed by atoms with van der Waals surface area (Å²) in [7, 11) is -3.33. The Labute approximate surface area is 121 Å². The minimum atomic E-state index is -3.33. The summed E-state index contributed by atoms with van der Waals surface area (Å²) < 4.78 is 31.1. The highest BCUT2D eigenvalue weighted by molar-refractivity contribution is 7.89. The Morgan fingerprint density at radius 2 is 2.15 bits per heavy atom. The summed E-state index contributed by atoms with van der Waals surface area (Å²) in [6, 6.07) is 6.92. The molecule has 0 fully saturated rings. The Morgan fingerprint density at radius 1 is 1.45 bits per heavy atom.